The van der Waals surface area contributed by atoms with Crippen LogP contribution in [-0.4, -0.2) is 0 Å². The van der Waals surface area contributed by atoms with Gasteiger partial charge in [-0.15, -0.1) is 24.8 Å². The summed E-state index contributed by atoms with van der Waals surface area (Å²) in [5, 5.41) is 3.56. The topological polar surface area (TPSA) is 38.0 Å². The van der Waals surface area contributed by atoms with Crippen LogP contribution in [0.25, 0.3) is 0 Å². The molecule has 2 heterocycles. The first-order chi connectivity index (χ1) is 5.84. The van der Waals surface area contributed by atoms with Crippen LogP contribution in [0.1, 0.15) is 36.1 Å². The van der Waals surface area contributed by atoms with Gasteiger partial charge in [0.2, 0.25) is 0 Å². The van der Waals surface area contributed by atoms with Gasteiger partial charge in [-0.3, -0.25) is 0 Å². The van der Waals surface area contributed by atoms with E-state index >= 15 is 0 Å². The van der Waals surface area contributed by atoms with E-state index in [0.29, 0.717) is 12.1 Å². The predicted molar refractivity (Wildman–Crippen MR) is 63.2 cm³/mol. The van der Waals surface area contributed by atoms with Crippen molar-refractivity contribution in [3.8, 4) is 0 Å². The van der Waals surface area contributed by atoms with Gasteiger partial charge in [0.15, 0.2) is 0 Å². The minimum Gasteiger partial charge on any atom is -0.399 e. The van der Waals surface area contributed by atoms with Crippen LogP contribution in [0.5, 0.6) is 0 Å². The van der Waals surface area contributed by atoms with Crippen LogP contribution >= 0.6 is 24.8 Å². The lowest BCUT2D eigenvalue weighted by molar-refractivity contribution is 0.639. The first-order valence-electron chi connectivity index (χ1n) is 4.50. The Labute approximate surface area is 96.1 Å². The number of anilines is 1. The van der Waals surface area contributed by atoms with Crippen molar-refractivity contribution >= 4 is 30.5 Å². The summed E-state index contributed by atoms with van der Waals surface area (Å²) in [6.45, 7) is 0. The molecule has 0 unspecified atom stereocenters. The summed E-state index contributed by atoms with van der Waals surface area (Å²) in [5.74, 6) is 0. The highest BCUT2D eigenvalue weighted by Gasteiger charge is 2.35. The lowest BCUT2D eigenvalue weighted by atomic mass is 9.91. The van der Waals surface area contributed by atoms with E-state index in [4.69, 9.17) is 5.73 Å². The summed E-state index contributed by atoms with van der Waals surface area (Å²) in [6.07, 6.45) is 2.57. The molecule has 0 saturated carbocycles. The monoisotopic (exact) mass is 232 g/mol. The van der Waals surface area contributed by atoms with E-state index in [1.807, 2.05) is 6.07 Å². The Morgan fingerprint density at radius 1 is 1.07 bits per heavy atom. The zero-order valence-corrected chi connectivity index (χ0v) is 9.33. The first-order valence-corrected chi connectivity index (χ1v) is 4.50. The summed E-state index contributed by atoms with van der Waals surface area (Å²) in [5.41, 5.74) is 9.54. The highest BCUT2D eigenvalue weighted by Crippen LogP contribution is 2.45. The first kappa shape index (κ1) is 11.6. The lowest BCUT2D eigenvalue weighted by Gasteiger charge is -2.12. The van der Waals surface area contributed by atoms with Crippen LogP contribution in [0.4, 0.5) is 5.69 Å². The summed E-state index contributed by atoms with van der Waals surface area (Å²) in [4.78, 5) is 0. The standard InChI is InChI=1S/C10H12N2.2ClH/c11-6-1-2-7-8(5-6)10-4-3-9(7)12-10;;/h1-2,5,9-10,12H,3-4,11H2;2*1H/t9-,10+;;/m0../s1. The van der Waals surface area contributed by atoms with Crippen molar-refractivity contribution in [2.24, 2.45) is 0 Å². The largest absolute Gasteiger partial charge is 0.399 e. The van der Waals surface area contributed by atoms with Crippen molar-refractivity contribution in [2.45, 2.75) is 24.9 Å². The molecule has 0 spiro atoms. The Balaban J connectivity index is 0.000000490. The van der Waals surface area contributed by atoms with Crippen LogP contribution in [0.2, 0.25) is 0 Å². The molecule has 14 heavy (non-hydrogen) atoms. The maximum atomic E-state index is 5.73. The Kier molecular flexibility index (Phi) is 3.30. The Hall–Kier alpha value is -0.440. The van der Waals surface area contributed by atoms with Gasteiger partial charge in [-0.05, 0) is 36.1 Å². The van der Waals surface area contributed by atoms with Crippen molar-refractivity contribution in [2.75, 3.05) is 5.73 Å². The third-order valence-electron chi connectivity index (χ3n) is 3.01. The maximum absolute atomic E-state index is 5.73. The van der Waals surface area contributed by atoms with Gasteiger partial charge in [-0.2, -0.15) is 0 Å². The number of fused-ring (bicyclic) bond motifs is 5. The number of rotatable bonds is 0. The molecule has 3 rings (SSSR count). The summed E-state index contributed by atoms with van der Waals surface area (Å²) < 4.78 is 0. The van der Waals surface area contributed by atoms with Gasteiger partial charge in [-0.1, -0.05) is 6.07 Å². The molecule has 1 saturated heterocycles. The van der Waals surface area contributed by atoms with E-state index in [9.17, 15) is 0 Å². The average Bonchev–Trinajstić information content (AvgIpc) is 2.63. The van der Waals surface area contributed by atoms with Crippen LogP contribution in [0, 0.1) is 0 Å². The second-order valence-electron chi connectivity index (χ2n) is 3.74. The quantitative estimate of drug-likeness (QED) is 0.676. The molecule has 0 aromatic heterocycles. The highest BCUT2D eigenvalue weighted by molar-refractivity contribution is 5.85. The van der Waals surface area contributed by atoms with E-state index in [2.05, 4.69) is 17.4 Å². The molecule has 2 bridgehead atoms. The fraction of sp³-hybridized carbons (Fsp3) is 0.400. The zero-order valence-electron chi connectivity index (χ0n) is 7.69. The third-order valence-corrected chi connectivity index (χ3v) is 3.01. The molecule has 0 amide bonds. The van der Waals surface area contributed by atoms with Gasteiger partial charge in [0, 0.05) is 17.8 Å². The molecular weight excluding hydrogens is 219 g/mol. The smallest absolute Gasteiger partial charge is 0.0330 e. The number of nitrogens with one attached hydrogen (secondary N) is 1. The van der Waals surface area contributed by atoms with Crippen LogP contribution in [0.15, 0.2) is 18.2 Å². The fourth-order valence-electron chi connectivity index (χ4n) is 2.45. The van der Waals surface area contributed by atoms with Crippen molar-refractivity contribution in [3.63, 3.8) is 0 Å². The van der Waals surface area contributed by atoms with Crippen molar-refractivity contribution < 1.29 is 0 Å². The molecule has 4 heteroatoms. The molecule has 2 aliphatic rings. The van der Waals surface area contributed by atoms with Crippen molar-refractivity contribution in [3.05, 3.63) is 29.3 Å². The Bertz CT molecular complexity index is 341. The molecule has 1 fully saturated rings. The van der Waals surface area contributed by atoms with Gasteiger partial charge in [0.05, 0.1) is 0 Å². The molecule has 2 atom stereocenters. The van der Waals surface area contributed by atoms with E-state index < -0.39 is 0 Å². The van der Waals surface area contributed by atoms with Crippen molar-refractivity contribution in [1.29, 1.82) is 0 Å². The minimum absolute atomic E-state index is 0. The Morgan fingerprint density at radius 3 is 2.43 bits per heavy atom. The third kappa shape index (κ3) is 1.48. The van der Waals surface area contributed by atoms with Gasteiger partial charge in [0.25, 0.3) is 0 Å². The van der Waals surface area contributed by atoms with E-state index in [1.54, 1.807) is 0 Å². The summed E-state index contributed by atoms with van der Waals surface area (Å²) >= 11 is 0. The van der Waals surface area contributed by atoms with Crippen molar-refractivity contribution in [1.82, 2.24) is 5.32 Å². The lowest BCUT2D eigenvalue weighted by Crippen LogP contribution is -2.05. The molecule has 2 aliphatic heterocycles. The number of benzene rings is 1. The van der Waals surface area contributed by atoms with E-state index in [1.165, 1.54) is 24.0 Å². The summed E-state index contributed by atoms with van der Waals surface area (Å²) in [7, 11) is 0. The number of nitrogens with two attached hydrogens (primary N) is 1. The fourth-order valence-corrected chi connectivity index (χ4v) is 2.45. The van der Waals surface area contributed by atoms with Gasteiger partial charge < -0.3 is 11.1 Å². The van der Waals surface area contributed by atoms with Gasteiger partial charge in [-0.25, -0.2) is 0 Å². The number of nitrogen functional groups attached to an aromatic ring is 1. The molecule has 0 radical (unpaired) electrons. The van der Waals surface area contributed by atoms with Crippen LogP contribution in [-0.2, 0) is 0 Å². The van der Waals surface area contributed by atoms with Crippen LogP contribution in [0.3, 0.4) is 0 Å². The average molecular weight is 233 g/mol. The number of hydrogen-bond donors (Lipinski definition) is 2. The molecule has 1 aromatic carbocycles. The number of halogens is 2. The van der Waals surface area contributed by atoms with E-state index in [0.717, 1.165) is 5.69 Å². The number of hydrogen-bond acceptors (Lipinski definition) is 2. The molecule has 1 aromatic rings. The SMILES string of the molecule is Cl.Cl.Nc1ccc2c(c1)[C@H]1CC[C@@H]2N1. The highest BCUT2D eigenvalue weighted by atomic mass is 35.5. The minimum atomic E-state index is 0. The second-order valence-corrected chi connectivity index (χ2v) is 3.74. The predicted octanol–water partition coefficient (Wildman–Crippen LogP) is 2.59. The van der Waals surface area contributed by atoms with Crippen LogP contribution < -0.4 is 11.1 Å². The second kappa shape index (κ2) is 3.97. The van der Waals surface area contributed by atoms with E-state index in [-0.39, 0.29) is 24.8 Å². The zero-order chi connectivity index (χ0) is 8.13. The molecule has 78 valence electrons. The van der Waals surface area contributed by atoms with Gasteiger partial charge in [0.1, 0.15) is 0 Å². The molecule has 2 nitrogen and oxygen atoms in total. The summed E-state index contributed by atoms with van der Waals surface area (Å²) in [6, 6.07) is 7.49. The Morgan fingerprint density at radius 2 is 1.71 bits per heavy atom. The normalized spacial score (nSPS) is 26.3. The molecule has 3 N–H and O–H groups in total. The van der Waals surface area contributed by atoms with Gasteiger partial charge >= 0.3 is 0 Å². The molecular formula is C10H14Cl2N2. The molecule has 0 aliphatic carbocycles. The maximum Gasteiger partial charge on any atom is 0.0330 e.